The Balaban J connectivity index is 1.77. The van der Waals surface area contributed by atoms with E-state index in [-0.39, 0.29) is 35.4 Å². The first-order valence-electron chi connectivity index (χ1n) is 13.1. The number of methoxy groups -OCH3 is 1. The van der Waals surface area contributed by atoms with Crippen LogP contribution in [-0.2, 0) is 14.9 Å². The summed E-state index contributed by atoms with van der Waals surface area (Å²) in [5, 5.41) is 0. The number of likely N-dealkylation sites (tertiary alicyclic amines) is 1. The normalized spacial score (nSPS) is 26.3. The third-order valence-electron chi connectivity index (χ3n) is 7.97. The van der Waals surface area contributed by atoms with Crippen LogP contribution in [0.4, 0.5) is 0 Å². The summed E-state index contributed by atoms with van der Waals surface area (Å²) in [6.07, 6.45) is 2.65. The number of hydrogen-bond acceptors (Lipinski definition) is 5. The number of benzene rings is 2. The van der Waals surface area contributed by atoms with Gasteiger partial charge in [0.1, 0.15) is 5.75 Å². The first kappa shape index (κ1) is 26.4. The fraction of sp³-hybridized carbons (Fsp3) is 0.533. The maximum atomic E-state index is 13.8. The fourth-order valence-electron chi connectivity index (χ4n) is 6.39. The van der Waals surface area contributed by atoms with Gasteiger partial charge in [0.25, 0.3) is 5.91 Å². The van der Waals surface area contributed by atoms with E-state index in [1.807, 2.05) is 48.5 Å². The van der Waals surface area contributed by atoms with Crippen LogP contribution in [0.3, 0.4) is 0 Å². The van der Waals surface area contributed by atoms with Crippen molar-refractivity contribution >= 4 is 11.9 Å². The summed E-state index contributed by atoms with van der Waals surface area (Å²) in [4.78, 5) is 30.0. The highest BCUT2D eigenvalue weighted by Crippen LogP contribution is 2.51. The zero-order valence-electron chi connectivity index (χ0n) is 22.3. The molecule has 0 spiro atoms. The van der Waals surface area contributed by atoms with Crippen LogP contribution in [-0.4, -0.2) is 67.6 Å². The molecule has 1 aliphatic heterocycles. The molecule has 0 bridgehead atoms. The van der Waals surface area contributed by atoms with Gasteiger partial charge in [-0.3, -0.25) is 9.59 Å². The van der Waals surface area contributed by atoms with Crippen molar-refractivity contribution in [3.05, 3.63) is 65.7 Å². The summed E-state index contributed by atoms with van der Waals surface area (Å²) in [6, 6.07) is 17.6. The predicted molar refractivity (Wildman–Crippen MR) is 141 cm³/mol. The second-order valence-electron chi connectivity index (χ2n) is 11.0. The zero-order valence-corrected chi connectivity index (χ0v) is 22.3. The van der Waals surface area contributed by atoms with E-state index in [0.717, 1.165) is 37.9 Å². The molecule has 2 aromatic carbocycles. The van der Waals surface area contributed by atoms with Crippen molar-refractivity contribution in [1.82, 2.24) is 9.80 Å². The van der Waals surface area contributed by atoms with E-state index in [4.69, 9.17) is 9.47 Å². The van der Waals surface area contributed by atoms with Crippen molar-refractivity contribution in [3.8, 4) is 5.75 Å². The Morgan fingerprint density at radius 2 is 1.89 bits per heavy atom. The number of amides is 1. The van der Waals surface area contributed by atoms with Crippen LogP contribution in [0.1, 0.15) is 56.0 Å². The lowest BCUT2D eigenvalue weighted by atomic mass is 9.56. The van der Waals surface area contributed by atoms with Crippen LogP contribution in [0.2, 0.25) is 0 Å². The van der Waals surface area contributed by atoms with Gasteiger partial charge in [0, 0.05) is 50.1 Å². The summed E-state index contributed by atoms with van der Waals surface area (Å²) < 4.78 is 11.6. The molecule has 2 aliphatic rings. The van der Waals surface area contributed by atoms with E-state index < -0.39 is 0 Å². The Labute approximate surface area is 215 Å². The summed E-state index contributed by atoms with van der Waals surface area (Å²) in [5.41, 5.74) is 1.71. The van der Waals surface area contributed by atoms with E-state index in [1.165, 1.54) is 12.5 Å². The number of rotatable bonds is 7. The maximum Gasteiger partial charge on any atom is 0.308 e. The Bertz CT molecular complexity index is 1060. The number of nitrogens with zero attached hydrogens (tertiary/aromatic N) is 2. The van der Waals surface area contributed by atoms with Gasteiger partial charge in [0.05, 0.1) is 6.10 Å². The monoisotopic (exact) mass is 492 g/mol. The molecule has 0 radical (unpaired) electrons. The molecule has 4 atom stereocenters. The number of carbonyl (C=O) groups excluding carboxylic acids is 2. The molecule has 36 heavy (non-hydrogen) atoms. The van der Waals surface area contributed by atoms with Crippen LogP contribution in [0.25, 0.3) is 0 Å². The zero-order chi connectivity index (χ0) is 25.9. The minimum absolute atomic E-state index is 0.0158. The van der Waals surface area contributed by atoms with Gasteiger partial charge in [0.15, 0.2) is 0 Å². The van der Waals surface area contributed by atoms with Gasteiger partial charge >= 0.3 is 5.97 Å². The Kier molecular flexibility index (Phi) is 8.16. The Hall–Kier alpha value is -2.70. The van der Waals surface area contributed by atoms with Crippen molar-refractivity contribution in [1.29, 1.82) is 0 Å². The molecule has 1 saturated carbocycles. The minimum atomic E-state index is -0.322. The van der Waals surface area contributed by atoms with Gasteiger partial charge in [-0.05, 0) is 68.6 Å². The molecular formula is C30H40N2O4. The summed E-state index contributed by atoms with van der Waals surface area (Å²) >= 11 is 0. The molecule has 2 aromatic rings. The Morgan fingerprint density at radius 1 is 1.14 bits per heavy atom. The quantitative estimate of drug-likeness (QED) is 0.411. The molecule has 6 nitrogen and oxygen atoms in total. The number of hydrogen-bond donors (Lipinski definition) is 0. The number of esters is 1. The molecule has 0 aromatic heterocycles. The first-order chi connectivity index (χ1) is 17.2. The second-order valence-corrected chi connectivity index (χ2v) is 11.0. The van der Waals surface area contributed by atoms with Gasteiger partial charge in [-0.15, -0.1) is 0 Å². The van der Waals surface area contributed by atoms with Crippen molar-refractivity contribution in [3.63, 3.8) is 0 Å². The molecule has 194 valence electrons. The van der Waals surface area contributed by atoms with Gasteiger partial charge in [0.2, 0.25) is 0 Å². The first-order valence-corrected chi connectivity index (χ1v) is 13.1. The SMILES string of the molecule is COC1C[C@@H](N(CC(C)C)C(=O)c2ccccc2)C[C@]2(c3cccc(OC(C)=O)c3)CCN(C)C[C@@H]12. The van der Waals surface area contributed by atoms with E-state index in [2.05, 4.69) is 36.8 Å². The van der Waals surface area contributed by atoms with Crippen molar-refractivity contribution in [2.75, 3.05) is 33.8 Å². The third kappa shape index (κ3) is 5.50. The maximum absolute atomic E-state index is 13.8. The van der Waals surface area contributed by atoms with Crippen LogP contribution < -0.4 is 4.74 Å². The van der Waals surface area contributed by atoms with Gasteiger partial charge in [-0.2, -0.15) is 0 Å². The summed E-state index contributed by atoms with van der Waals surface area (Å²) in [7, 11) is 3.97. The molecule has 2 fully saturated rings. The van der Waals surface area contributed by atoms with E-state index in [1.54, 1.807) is 7.11 Å². The van der Waals surface area contributed by atoms with E-state index in [9.17, 15) is 9.59 Å². The number of ether oxygens (including phenoxy) is 2. The van der Waals surface area contributed by atoms with Crippen molar-refractivity contribution < 1.29 is 19.1 Å². The molecule has 0 N–H and O–H groups in total. The number of piperidine rings is 1. The lowest BCUT2D eigenvalue weighted by Gasteiger charge is -2.56. The van der Waals surface area contributed by atoms with Crippen LogP contribution in [0.15, 0.2) is 54.6 Å². The molecule has 1 unspecified atom stereocenters. The van der Waals surface area contributed by atoms with Crippen molar-refractivity contribution in [2.45, 2.75) is 57.6 Å². The lowest BCUT2D eigenvalue weighted by Crippen LogP contribution is -2.61. The number of fused-ring (bicyclic) bond motifs is 1. The molecule has 1 heterocycles. The van der Waals surface area contributed by atoms with Crippen LogP contribution >= 0.6 is 0 Å². The largest absolute Gasteiger partial charge is 0.427 e. The second kappa shape index (κ2) is 11.1. The third-order valence-corrected chi connectivity index (χ3v) is 7.97. The van der Waals surface area contributed by atoms with E-state index in [0.29, 0.717) is 18.2 Å². The van der Waals surface area contributed by atoms with Crippen LogP contribution in [0, 0.1) is 11.8 Å². The highest BCUT2D eigenvalue weighted by molar-refractivity contribution is 5.94. The highest BCUT2D eigenvalue weighted by Gasteiger charge is 2.53. The van der Waals surface area contributed by atoms with Gasteiger partial charge < -0.3 is 19.3 Å². The lowest BCUT2D eigenvalue weighted by molar-refractivity contribution is -0.131. The fourth-order valence-corrected chi connectivity index (χ4v) is 6.39. The van der Waals surface area contributed by atoms with Gasteiger partial charge in [-0.25, -0.2) is 0 Å². The van der Waals surface area contributed by atoms with Crippen molar-refractivity contribution in [2.24, 2.45) is 11.8 Å². The average molecular weight is 493 g/mol. The molecule has 1 aliphatic carbocycles. The van der Waals surface area contributed by atoms with Gasteiger partial charge in [-0.1, -0.05) is 44.2 Å². The average Bonchev–Trinajstić information content (AvgIpc) is 2.86. The number of carbonyl (C=O) groups is 2. The molecular weight excluding hydrogens is 452 g/mol. The molecule has 4 rings (SSSR count). The smallest absolute Gasteiger partial charge is 0.308 e. The molecule has 1 saturated heterocycles. The van der Waals surface area contributed by atoms with Crippen LogP contribution in [0.5, 0.6) is 5.75 Å². The molecule has 1 amide bonds. The Morgan fingerprint density at radius 3 is 2.56 bits per heavy atom. The predicted octanol–water partition coefficient (Wildman–Crippen LogP) is 4.78. The minimum Gasteiger partial charge on any atom is -0.427 e. The standard InChI is InChI=1S/C30H40N2O4/c1-21(2)19-32(29(34)23-10-7-6-8-11-23)25-17-28(35-5)27-20-31(4)15-14-30(27,18-25)24-12-9-13-26(16-24)36-22(3)33/h6-13,16,21,25,27-28H,14-15,17-20H2,1-5H3/t25-,27+,28?,30+/m1/s1. The molecule has 6 heteroatoms. The van der Waals surface area contributed by atoms with E-state index >= 15 is 0 Å². The highest BCUT2D eigenvalue weighted by atomic mass is 16.5. The summed E-state index contributed by atoms with van der Waals surface area (Å²) in [5.74, 6) is 0.953. The summed E-state index contributed by atoms with van der Waals surface area (Å²) in [6.45, 7) is 8.36. The topological polar surface area (TPSA) is 59.1 Å².